The van der Waals surface area contributed by atoms with Gasteiger partial charge in [-0.05, 0) is 29.5 Å². The molecule has 0 atom stereocenters. The van der Waals surface area contributed by atoms with Crippen LogP contribution in [0.3, 0.4) is 0 Å². The molecule has 116 valence electrons. The van der Waals surface area contributed by atoms with Gasteiger partial charge in [0, 0.05) is 6.61 Å². The van der Waals surface area contributed by atoms with Crippen LogP contribution in [0, 0.1) is 0 Å². The van der Waals surface area contributed by atoms with Crippen LogP contribution in [-0.2, 0) is 6.42 Å². The molecule has 0 spiro atoms. The van der Waals surface area contributed by atoms with Gasteiger partial charge in [0.05, 0.1) is 0 Å². The molecule has 0 aromatic heterocycles. The Hall–Kier alpha value is -1.86. The summed E-state index contributed by atoms with van der Waals surface area (Å²) >= 11 is 0. The third kappa shape index (κ3) is 5.87. The van der Waals surface area contributed by atoms with Crippen molar-refractivity contribution in [1.29, 1.82) is 0 Å². The highest BCUT2D eigenvalue weighted by Gasteiger charge is 1.99. The van der Waals surface area contributed by atoms with Crippen LogP contribution in [0.15, 0.2) is 54.6 Å². The largest absolute Gasteiger partial charge is 0.396 e. The van der Waals surface area contributed by atoms with E-state index in [2.05, 4.69) is 48.6 Å². The molecular weight excluding hydrogens is 268 g/mol. The molecule has 1 N–H and O–H groups in total. The van der Waals surface area contributed by atoms with Crippen molar-refractivity contribution in [2.45, 2.75) is 38.5 Å². The van der Waals surface area contributed by atoms with Crippen LogP contribution in [0.25, 0.3) is 12.2 Å². The van der Waals surface area contributed by atoms with Crippen molar-refractivity contribution in [3.8, 4) is 0 Å². The summed E-state index contributed by atoms with van der Waals surface area (Å²) in [6.07, 6.45) is 12.1. The molecule has 0 heterocycles. The normalized spacial score (nSPS) is 13.3. The van der Waals surface area contributed by atoms with Gasteiger partial charge in [0.15, 0.2) is 0 Å². The van der Waals surface area contributed by atoms with Crippen molar-refractivity contribution in [3.05, 3.63) is 71.3 Å². The topological polar surface area (TPSA) is 20.2 Å². The van der Waals surface area contributed by atoms with E-state index in [0.717, 1.165) is 12.8 Å². The van der Waals surface area contributed by atoms with Gasteiger partial charge in [0.1, 0.15) is 0 Å². The van der Waals surface area contributed by atoms with Gasteiger partial charge in [-0.1, -0.05) is 92.4 Å². The Labute approximate surface area is 134 Å². The summed E-state index contributed by atoms with van der Waals surface area (Å²) < 4.78 is 0. The maximum Gasteiger partial charge on any atom is 0.0434 e. The maximum atomic E-state index is 8.53. The molecule has 1 saturated carbocycles. The predicted molar refractivity (Wildman–Crippen MR) is 95.7 cm³/mol. The van der Waals surface area contributed by atoms with Gasteiger partial charge >= 0.3 is 0 Å². The molecule has 0 amide bonds. The van der Waals surface area contributed by atoms with Crippen molar-refractivity contribution < 1.29 is 5.11 Å². The number of fused-ring (bicyclic) bond motifs is 1. The number of hydrogen-bond acceptors (Lipinski definition) is 1. The van der Waals surface area contributed by atoms with E-state index in [1.807, 2.05) is 18.2 Å². The lowest BCUT2D eigenvalue weighted by Crippen LogP contribution is -1.87. The lowest BCUT2D eigenvalue weighted by atomic mass is 9.99. The van der Waals surface area contributed by atoms with Crippen molar-refractivity contribution in [2.75, 3.05) is 6.61 Å². The van der Waals surface area contributed by atoms with Crippen LogP contribution in [0.2, 0.25) is 0 Å². The minimum Gasteiger partial charge on any atom is -0.396 e. The summed E-state index contributed by atoms with van der Waals surface area (Å²) in [5.41, 5.74) is 4.04. The quantitative estimate of drug-likeness (QED) is 0.691. The van der Waals surface area contributed by atoms with Crippen molar-refractivity contribution in [2.24, 2.45) is 0 Å². The standard InChI is InChI=1S/C9H12O.C8H6.C4H8/c10-8-4-7-9-5-2-1-3-6-9;1-2-4-8-6-5-7(8)3-1;1-2-4-3-1/h1-3,5-6,10H,4,7-8H2;1-6H;1-4H2. The average molecular weight is 294 g/mol. The summed E-state index contributed by atoms with van der Waals surface area (Å²) in [6.45, 7) is 0.287. The minimum absolute atomic E-state index is 0.287. The average Bonchev–Trinajstić information content (AvgIpc) is 2.47. The van der Waals surface area contributed by atoms with Crippen LogP contribution in [0.5, 0.6) is 0 Å². The molecule has 4 rings (SSSR count). The summed E-state index contributed by atoms with van der Waals surface area (Å²) in [4.78, 5) is 0. The Morgan fingerprint density at radius 1 is 0.682 bits per heavy atom. The van der Waals surface area contributed by atoms with Gasteiger partial charge in [-0.2, -0.15) is 0 Å². The van der Waals surface area contributed by atoms with Crippen molar-refractivity contribution in [1.82, 2.24) is 0 Å². The summed E-state index contributed by atoms with van der Waals surface area (Å²) in [7, 11) is 0. The number of hydrogen-bond donors (Lipinski definition) is 1. The lowest BCUT2D eigenvalue weighted by molar-refractivity contribution is 0.288. The highest BCUT2D eigenvalue weighted by molar-refractivity contribution is 5.85. The Balaban J connectivity index is 0.000000130. The monoisotopic (exact) mass is 294 g/mol. The van der Waals surface area contributed by atoms with Gasteiger partial charge in [0.2, 0.25) is 0 Å². The zero-order valence-corrected chi connectivity index (χ0v) is 13.2. The molecule has 0 radical (unpaired) electrons. The molecule has 0 saturated heterocycles. The van der Waals surface area contributed by atoms with Crippen LogP contribution in [0.1, 0.15) is 48.8 Å². The van der Waals surface area contributed by atoms with E-state index in [1.54, 1.807) is 0 Å². The number of aliphatic hydroxyl groups excluding tert-OH is 1. The zero-order valence-electron chi connectivity index (χ0n) is 13.2. The maximum absolute atomic E-state index is 8.53. The van der Waals surface area contributed by atoms with Gasteiger partial charge < -0.3 is 5.11 Å². The molecule has 0 unspecified atom stereocenters. The van der Waals surface area contributed by atoms with E-state index in [0.29, 0.717) is 0 Å². The molecule has 2 aromatic carbocycles. The van der Waals surface area contributed by atoms with Crippen LogP contribution in [0.4, 0.5) is 0 Å². The fraction of sp³-hybridized carbons (Fsp3) is 0.333. The Kier molecular flexibility index (Phi) is 7.48. The fourth-order valence-electron chi connectivity index (χ4n) is 2.08. The highest BCUT2D eigenvalue weighted by Crippen LogP contribution is 2.21. The second-order valence-corrected chi connectivity index (χ2v) is 5.69. The first-order chi connectivity index (χ1) is 10.9. The lowest BCUT2D eigenvalue weighted by Gasteiger charge is -2.06. The molecule has 1 nitrogen and oxygen atoms in total. The van der Waals surface area contributed by atoms with E-state index in [-0.39, 0.29) is 6.61 Å². The van der Waals surface area contributed by atoms with Crippen molar-refractivity contribution in [3.63, 3.8) is 0 Å². The van der Waals surface area contributed by atoms with Crippen LogP contribution < -0.4 is 0 Å². The number of aryl methyl sites for hydroxylation is 1. The summed E-state index contributed by atoms with van der Waals surface area (Å²) in [6, 6.07) is 18.6. The van der Waals surface area contributed by atoms with Gasteiger partial charge in [-0.15, -0.1) is 0 Å². The third-order valence-electron chi connectivity index (χ3n) is 3.90. The van der Waals surface area contributed by atoms with E-state index >= 15 is 0 Å². The Bertz CT molecular complexity index is 524. The number of benzene rings is 2. The molecule has 0 aliphatic heterocycles. The highest BCUT2D eigenvalue weighted by atomic mass is 16.2. The van der Waals surface area contributed by atoms with Crippen LogP contribution >= 0.6 is 0 Å². The van der Waals surface area contributed by atoms with Crippen LogP contribution in [-0.4, -0.2) is 11.7 Å². The molecule has 0 bridgehead atoms. The SMILES string of the molecule is C1=Cc2ccccc21.C1CCC1.OCCCc1ccccc1. The number of aliphatic hydroxyl groups is 1. The van der Waals surface area contributed by atoms with E-state index < -0.39 is 0 Å². The van der Waals surface area contributed by atoms with Gasteiger partial charge in [-0.25, -0.2) is 0 Å². The Morgan fingerprint density at radius 3 is 1.55 bits per heavy atom. The molecule has 1 fully saturated rings. The van der Waals surface area contributed by atoms with E-state index in [9.17, 15) is 0 Å². The second kappa shape index (κ2) is 9.97. The van der Waals surface area contributed by atoms with Gasteiger partial charge in [0.25, 0.3) is 0 Å². The fourth-order valence-corrected chi connectivity index (χ4v) is 2.08. The number of rotatable bonds is 3. The zero-order chi connectivity index (χ0) is 15.5. The predicted octanol–water partition coefficient (Wildman–Crippen LogP) is 5.34. The second-order valence-electron chi connectivity index (χ2n) is 5.69. The summed E-state index contributed by atoms with van der Waals surface area (Å²) in [5, 5.41) is 8.53. The molecule has 2 aliphatic rings. The molecular formula is C21H26O. The Morgan fingerprint density at radius 2 is 1.18 bits per heavy atom. The first-order valence-corrected chi connectivity index (χ1v) is 8.32. The molecule has 2 aliphatic carbocycles. The van der Waals surface area contributed by atoms with Crippen molar-refractivity contribution >= 4 is 12.2 Å². The first-order valence-electron chi connectivity index (χ1n) is 8.32. The smallest absolute Gasteiger partial charge is 0.0434 e. The molecule has 2 aromatic rings. The van der Waals surface area contributed by atoms with Gasteiger partial charge in [-0.3, -0.25) is 0 Å². The minimum atomic E-state index is 0.287. The first kappa shape index (κ1) is 16.5. The molecule has 22 heavy (non-hydrogen) atoms. The third-order valence-corrected chi connectivity index (χ3v) is 3.90. The van der Waals surface area contributed by atoms with E-state index in [1.165, 1.54) is 42.4 Å². The molecule has 1 heteroatoms. The van der Waals surface area contributed by atoms with E-state index in [4.69, 9.17) is 5.11 Å². The summed E-state index contributed by atoms with van der Waals surface area (Å²) in [5.74, 6) is 0.